The van der Waals surface area contributed by atoms with Crippen LogP contribution in [0.5, 0.6) is 5.75 Å². The lowest BCUT2D eigenvalue weighted by molar-refractivity contribution is 0.0962. The van der Waals surface area contributed by atoms with Crippen LogP contribution in [-0.4, -0.2) is 25.3 Å². The van der Waals surface area contributed by atoms with E-state index in [0.717, 1.165) is 16.7 Å². The average molecular weight is 342 g/mol. The molecule has 0 saturated carbocycles. The zero-order chi connectivity index (χ0) is 17.3. The number of amides is 1. The Hall–Kier alpha value is -2.59. The molecule has 2 aromatic carbocycles. The van der Waals surface area contributed by atoms with Crippen LogP contribution in [0.25, 0.3) is 17.2 Å². The van der Waals surface area contributed by atoms with Crippen LogP contribution in [0.15, 0.2) is 36.4 Å². The van der Waals surface area contributed by atoms with E-state index >= 15 is 0 Å². The molecule has 0 fully saturated rings. The van der Waals surface area contributed by atoms with E-state index in [1.54, 1.807) is 25.2 Å². The Bertz CT molecular complexity index is 871. The number of Topliss-reactive ketones (excluding diaryl/α,β-unsaturated/α-hetero) is 1. The van der Waals surface area contributed by atoms with Gasteiger partial charge < -0.3 is 10.1 Å². The normalized spacial score (nSPS) is 12.3. The Kier molecular flexibility index (Phi) is 4.40. The third-order valence-corrected chi connectivity index (χ3v) is 4.21. The Balaban J connectivity index is 2.12. The number of nitrogens with one attached hydrogen (secondary N) is 1. The summed E-state index contributed by atoms with van der Waals surface area (Å²) in [6.07, 6.45) is 3.84. The molecule has 0 aliphatic carbocycles. The largest absolute Gasteiger partial charge is 0.488 e. The highest BCUT2D eigenvalue weighted by molar-refractivity contribution is 6.34. The van der Waals surface area contributed by atoms with Crippen LogP contribution >= 0.6 is 11.6 Å². The molecule has 0 atom stereocenters. The van der Waals surface area contributed by atoms with Gasteiger partial charge in [0.2, 0.25) is 0 Å². The summed E-state index contributed by atoms with van der Waals surface area (Å²) in [6.45, 7) is 1.97. The molecule has 0 unspecified atom stereocenters. The Morgan fingerprint density at radius 3 is 2.58 bits per heavy atom. The molecule has 24 heavy (non-hydrogen) atoms. The third kappa shape index (κ3) is 2.93. The van der Waals surface area contributed by atoms with Crippen LogP contribution in [0.2, 0.25) is 5.02 Å². The van der Waals surface area contributed by atoms with E-state index in [2.05, 4.69) is 5.32 Å². The van der Waals surface area contributed by atoms with Gasteiger partial charge in [0.25, 0.3) is 5.91 Å². The van der Waals surface area contributed by atoms with Crippen molar-refractivity contribution < 1.29 is 14.3 Å². The maximum Gasteiger partial charge on any atom is 0.252 e. The first-order valence-corrected chi connectivity index (χ1v) is 7.89. The molecule has 122 valence electrons. The lowest BCUT2D eigenvalue weighted by Crippen LogP contribution is -2.18. The smallest absolute Gasteiger partial charge is 0.252 e. The van der Waals surface area contributed by atoms with Crippen LogP contribution in [0, 0.1) is 0 Å². The van der Waals surface area contributed by atoms with Crippen LogP contribution in [0.1, 0.15) is 33.2 Å². The summed E-state index contributed by atoms with van der Waals surface area (Å²) >= 11 is 6.23. The van der Waals surface area contributed by atoms with Crippen molar-refractivity contribution >= 4 is 29.4 Å². The molecule has 0 aromatic heterocycles. The van der Waals surface area contributed by atoms with Gasteiger partial charge in [-0.05, 0) is 48.4 Å². The highest BCUT2D eigenvalue weighted by atomic mass is 35.5. The van der Waals surface area contributed by atoms with E-state index in [1.807, 2.05) is 24.3 Å². The van der Waals surface area contributed by atoms with Gasteiger partial charge in [0.1, 0.15) is 12.4 Å². The number of hydrogen-bond acceptors (Lipinski definition) is 3. The number of benzene rings is 2. The summed E-state index contributed by atoms with van der Waals surface area (Å²) in [5, 5.41) is 2.91. The second kappa shape index (κ2) is 6.49. The quantitative estimate of drug-likeness (QED) is 0.859. The van der Waals surface area contributed by atoms with Gasteiger partial charge in [0.05, 0.1) is 16.1 Å². The predicted molar refractivity (Wildman–Crippen MR) is 94.8 cm³/mol. The highest BCUT2D eigenvalue weighted by Crippen LogP contribution is 2.35. The van der Waals surface area contributed by atoms with Crippen molar-refractivity contribution in [2.45, 2.75) is 6.92 Å². The first kappa shape index (κ1) is 16.3. The number of ether oxygens (including phenoxy) is 1. The van der Waals surface area contributed by atoms with Gasteiger partial charge in [0, 0.05) is 12.6 Å². The van der Waals surface area contributed by atoms with Gasteiger partial charge in [-0.25, -0.2) is 0 Å². The van der Waals surface area contributed by atoms with Gasteiger partial charge >= 0.3 is 0 Å². The fraction of sp³-hybridized carbons (Fsp3) is 0.158. The van der Waals surface area contributed by atoms with Gasteiger partial charge in [-0.2, -0.15) is 0 Å². The standard InChI is InChI=1S/C19H16ClNO3/c1-11(22)16-9-14(8-13-4-3-7-24-18(13)16)12-5-6-15(17(20)10-12)19(23)21-2/h3-6,8-10H,7H2,1-2H3,(H,21,23). The predicted octanol–water partition coefficient (Wildman–Crippen LogP) is 3.97. The number of carbonyl (C=O) groups excluding carboxylic acids is 2. The number of hydrogen-bond donors (Lipinski definition) is 1. The van der Waals surface area contributed by atoms with E-state index < -0.39 is 0 Å². The molecule has 1 aliphatic heterocycles. The number of rotatable bonds is 3. The average Bonchev–Trinajstić information content (AvgIpc) is 2.59. The maximum absolute atomic E-state index is 12.0. The fourth-order valence-corrected chi connectivity index (χ4v) is 2.95. The second-order valence-corrected chi connectivity index (χ2v) is 5.89. The molecule has 1 amide bonds. The molecular formula is C19H16ClNO3. The molecular weight excluding hydrogens is 326 g/mol. The molecule has 4 nitrogen and oxygen atoms in total. The van der Waals surface area contributed by atoms with Crippen molar-refractivity contribution in [3.63, 3.8) is 0 Å². The van der Waals surface area contributed by atoms with Crippen molar-refractivity contribution in [2.24, 2.45) is 0 Å². The molecule has 1 N–H and O–H groups in total. The van der Waals surface area contributed by atoms with E-state index in [0.29, 0.717) is 28.5 Å². The third-order valence-electron chi connectivity index (χ3n) is 3.89. The molecule has 1 aliphatic rings. The summed E-state index contributed by atoms with van der Waals surface area (Å²) in [5.74, 6) is 0.316. The minimum Gasteiger partial charge on any atom is -0.488 e. The van der Waals surface area contributed by atoms with Crippen molar-refractivity contribution in [3.8, 4) is 16.9 Å². The Morgan fingerprint density at radius 2 is 1.92 bits per heavy atom. The molecule has 2 aromatic rings. The van der Waals surface area contributed by atoms with Gasteiger partial charge in [0.15, 0.2) is 5.78 Å². The highest BCUT2D eigenvalue weighted by Gasteiger charge is 2.18. The lowest BCUT2D eigenvalue weighted by atomic mass is 9.95. The van der Waals surface area contributed by atoms with E-state index in [4.69, 9.17) is 16.3 Å². The van der Waals surface area contributed by atoms with Crippen molar-refractivity contribution in [3.05, 3.63) is 58.1 Å². The van der Waals surface area contributed by atoms with Gasteiger partial charge in [-0.15, -0.1) is 0 Å². The van der Waals surface area contributed by atoms with Crippen LogP contribution in [-0.2, 0) is 0 Å². The molecule has 3 rings (SSSR count). The molecule has 5 heteroatoms. The summed E-state index contributed by atoms with van der Waals surface area (Å²) in [5.41, 5.74) is 3.49. The van der Waals surface area contributed by atoms with Crippen LogP contribution < -0.4 is 10.1 Å². The minimum atomic E-state index is -0.238. The molecule has 0 radical (unpaired) electrons. The van der Waals surface area contributed by atoms with E-state index in [9.17, 15) is 9.59 Å². The molecule has 0 spiro atoms. The fourth-order valence-electron chi connectivity index (χ4n) is 2.68. The molecule has 0 saturated heterocycles. The first-order chi connectivity index (χ1) is 11.5. The van der Waals surface area contributed by atoms with Crippen molar-refractivity contribution in [2.75, 3.05) is 13.7 Å². The Labute approximate surface area is 145 Å². The first-order valence-electron chi connectivity index (χ1n) is 7.51. The van der Waals surface area contributed by atoms with Gasteiger partial charge in [-0.1, -0.05) is 23.7 Å². The van der Waals surface area contributed by atoms with Gasteiger partial charge in [-0.3, -0.25) is 9.59 Å². The molecule has 1 heterocycles. The topological polar surface area (TPSA) is 55.4 Å². The Morgan fingerprint density at radius 1 is 1.12 bits per heavy atom. The van der Waals surface area contributed by atoms with E-state index in [-0.39, 0.29) is 11.7 Å². The monoisotopic (exact) mass is 341 g/mol. The summed E-state index contributed by atoms with van der Waals surface area (Å²) in [4.78, 5) is 23.7. The number of carbonyl (C=O) groups is 2. The summed E-state index contributed by atoms with van der Waals surface area (Å²) in [6, 6.07) is 8.96. The summed E-state index contributed by atoms with van der Waals surface area (Å²) in [7, 11) is 1.56. The number of fused-ring (bicyclic) bond motifs is 1. The lowest BCUT2D eigenvalue weighted by Gasteiger charge is -2.17. The second-order valence-electron chi connectivity index (χ2n) is 5.49. The summed E-state index contributed by atoms with van der Waals surface area (Å²) < 4.78 is 5.61. The molecule has 0 bridgehead atoms. The van der Waals surface area contributed by atoms with Crippen molar-refractivity contribution in [1.29, 1.82) is 0 Å². The van der Waals surface area contributed by atoms with Crippen LogP contribution in [0.3, 0.4) is 0 Å². The minimum absolute atomic E-state index is 0.0588. The SMILES string of the molecule is CNC(=O)c1ccc(-c2cc3c(c(C(C)=O)c2)OCC=C3)cc1Cl. The maximum atomic E-state index is 12.0. The zero-order valence-corrected chi connectivity index (χ0v) is 14.1. The van der Waals surface area contributed by atoms with Crippen LogP contribution in [0.4, 0.5) is 0 Å². The number of ketones is 1. The number of halogens is 1. The van der Waals surface area contributed by atoms with Crippen molar-refractivity contribution in [1.82, 2.24) is 5.32 Å². The zero-order valence-electron chi connectivity index (χ0n) is 13.4. The van der Waals surface area contributed by atoms with E-state index in [1.165, 1.54) is 6.92 Å².